The van der Waals surface area contributed by atoms with Crippen LogP contribution in [0.25, 0.3) is 22.3 Å². The Labute approximate surface area is 714 Å². The van der Waals surface area contributed by atoms with E-state index < -0.39 is 44.7 Å². The number of hydrogen-bond acceptors (Lipinski definition) is 14. The van der Waals surface area contributed by atoms with Crippen LogP contribution in [0.4, 0.5) is 0 Å². The van der Waals surface area contributed by atoms with Crippen LogP contribution in [-0.2, 0) is 52.0 Å². The summed E-state index contributed by atoms with van der Waals surface area (Å²) in [5.74, 6) is 3.00. The number of hydrogen-bond donors (Lipinski definition) is 0. The Morgan fingerprint density at radius 2 is 0.484 bits per heavy atom. The summed E-state index contributed by atoms with van der Waals surface area (Å²) >= 11 is 0. The van der Waals surface area contributed by atoms with Crippen molar-refractivity contribution in [2.75, 3.05) is 0 Å². The van der Waals surface area contributed by atoms with Gasteiger partial charge in [-0.15, -0.1) is 0 Å². The van der Waals surface area contributed by atoms with Crippen LogP contribution in [0.1, 0.15) is 66.8 Å². The van der Waals surface area contributed by atoms with Crippen molar-refractivity contribution < 1.29 is 63.6 Å². The van der Waals surface area contributed by atoms with E-state index in [0.29, 0.717) is 46.8 Å². The molecule has 15 aromatic rings. The van der Waals surface area contributed by atoms with Crippen LogP contribution in [0, 0.1) is 55.4 Å². The highest BCUT2D eigenvalue weighted by Gasteiger charge is 2.41. The molecule has 14 nitrogen and oxygen atoms in total. The first-order chi connectivity index (χ1) is 58.9. The van der Waals surface area contributed by atoms with E-state index in [1.807, 2.05) is 395 Å². The van der Waals surface area contributed by atoms with E-state index in [9.17, 15) is 27.4 Å². The molecule has 0 radical (unpaired) electrons. The third kappa shape index (κ3) is 19.2. The maximum absolute atomic E-state index is 14.5. The quantitative estimate of drug-likeness (QED) is 0.0522. The number of phosphoric acid groups is 2. The summed E-state index contributed by atoms with van der Waals surface area (Å²) in [5.41, 5.74) is 13.7. The lowest BCUT2D eigenvalue weighted by atomic mass is 10.0. The molecule has 614 valence electrons. The average Bonchev–Trinajstić information content (AvgIpc) is 0.748. The molecule has 0 fully saturated rings. The third-order valence-corrected chi connectivity index (χ3v) is 34.8. The van der Waals surface area contributed by atoms with Gasteiger partial charge in [0.25, 0.3) is 14.7 Å². The Kier molecular flexibility index (Phi) is 25.7. The van der Waals surface area contributed by atoms with E-state index in [1.54, 1.807) is 18.2 Å². The SMILES string of the molecule is Cc1cccc(C)c1OP(=O)(Oc1cccc(OP(=O)(Oc2c(C)cccc2C)Oc2c(C)cccc2C)c1)Oc1c(C)cccc1C.O=P(Cc1ccc(CP(=O)(c2ccccc2)c2ccccc2)cc1)(c1ccccc1)c1ccccc1.O=P1(Cc2ccc(CP3(=O)Oc4ccccc4-c4ccccc43)cc2)Oc2ccccc2-c2ccccc21. The monoisotopic (exact) mass is 1730 g/mol. The van der Waals surface area contributed by atoms with Gasteiger partial charge in [0.1, 0.15) is 60.3 Å². The van der Waals surface area contributed by atoms with Gasteiger partial charge in [0.15, 0.2) is 0 Å². The van der Waals surface area contributed by atoms with E-state index in [-0.39, 0.29) is 23.8 Å². The normalized spacial score (nSPS) is 14.4. The Morgan fingerprint density at radius 1 is 0.246 bits per heavy atom. The van der Waals surface area contributed by atoms with Gasteiger partial charge >= 0.3 is 15.6 Å². The molecule has 0 saturated heterocycles. The molecule has 20 heteroatoms. The minimum absolute atomic E-state index is 0.0824. The standard InChI is InChI=1S/C38H40O8P2.C32H24O4P2.C32H28O2P2/c1-25-14-9-15-26(2)35(25)43-47(39,44-36-27(3)16-10-17-28(36)4)41-33-22-13-23-34(24-33)42-48(40,45-37-29(5)18-11-19-30(37)6)46-38-31(7)20-12-21-32(38)8;33-37(31-15-7-3-11-27(31)25-9-1-5-13-29(25)35-37)21-23-17-19-24(20-18-23)22-38(34)32-16-8-4-12-28(32)26-10-2-6-14-30(26)36-38;33-35(29-13-5-1-6-14-29,30-15-7-2-8-16-30)25-27-21-23-28(24-22-27)26-36(34,31-17-9-3-10-18-31)32-19-11-4-12-20-32/h9-24H,1-8H3;1-20H,21-22H2;1-24H,25-26H2. The molecule has 0 bridgehead atoms. The van der Waals surface area contributed by atoms with Crippen molar-refractivity contribution >= 4 is 76.5 Å². The van der Waals surface area contributed by atoms with Crippen LogP contribution >= 0.6 is 44.7 Å². The fourth-order valence-electron chi connectivity index (χ4n) is 15.2. The summed E-state index contributed by atoms with van der Waals surface area (Å²) in [6, 6.07) is 115. The first-order valence-electron chi connectivity index (χ1n) is 40.1. The van der Waals surface area contributed by atoms with Gasteiger partial charge in [-0.25, -0.2) is 0 Å². The summed E-state index contributed by atoms with van der Waals surface area (Å²) in [5, 5.41) is 4.93. The van der Waals surface area contributed by atoms with Crippen molar-refractivity contribution in [3.8, 4) is 68.2 Å². The zero-order valence-corrected chi connectivity index (χ0v) is 74.2. The molecule has 122 heavy (non-hydrogen) atoms. The van der Waals surface area contributed by atoms with Crippen molar-refractivity contribution in [1.29, 1.82) is 0 Å². The molecule has 2 aliphatic rings. The highest BCUT2D eigenvalue weighted by atomic mass is 31.2. The lowest BCUT2D eigenvalue weighted by molar-refractivity contribution is 0.292. The topological polar surface area (TPSA) is 176 Å². The second kappa shape index (κ2) is 36.8. The van der Waals surface area contributed by atoms with Crippen LogP contribution in [0.2, 0.25) is 0 Å². The predicted molar refractivity (Wildman–Crippen MR) is 496 cm³/mol. The zero-order valence-electron chi connectivity index (χ0n) is 68.9. The van der Waals surface area contributed by atoms with Crippen molar-refractivity contribution in [3.05, 3.63) is 431 Å². The highest BCUT2D eigenvalue weighted by molar-refractivity contribution is 7.78. The van der Waals surface area contributed by atoms with Gasteiger partial charge in [0, 0.05) is 50.7 Å². The number of benzene rings is 15. The predicted octanol–water partition coefficient (Wildman–Crippen LogP) is 26.2. The molecule has 0 spiro atoms. The van der Waals surface area contributed by atoms with E-state index in [4.69, 9.17) is 36.2 Å². The van der Waals surface area contributed by atoms with E-state index >= 15 is 0 Å². The van der Waals surface area contributed by atoms with Crippen LogP contribution < -0.4 is 68.0 Å². The van der Waals surface area contributed by atoms with Crippen LogP contribution in [0.5, 0.6) is 46.0 Å². The lowest BCUT2D eigenvalue weighted by Crippen LogP contribution is -2.19. The van der Waals surface area contributed by atoms with E-state index in [0.717, 1.165) is 121 Å². The maximum Gasteiger partial charge on any atom is 0.647 e. The number of rotatable bonds is 24. The summed E-state index contributed by atoms with van der Waals surface area (Å²) in [7, 11) is -20.8. The van der Waals surface area contributed by atoms with Gasteiger partial charge in [-0.05, 0) is 170 Å². The van der Waals surface area contributed by atoms with Gasteiger partial charge in [-0.3, -0.25) is 9.13 Å². The fraction of sp³-hybridized carbons (Fsp3) is 0.118. The number of para-hydroxylation sites is 6. The first kappa shape index (κ1) is 85.1. The molecule has 0 aliphatic carbocycles. The highest BCUT2D eigenvalue weighted by Crippen LogP contribution is 2.60. The van der Waals surface area contributed by atoms with Crippen LogP contribution in [0.15, 0.2) is 364 Å². The number of fused-ring (bicyclic) bond motifs is 6. The van der Waals surface area contributed by atoms with Crippen LogP contribution in [0.3, 0.4) is 0 Å². The molecular formula is C102H92O14P6. The Bertz CT molecular complexity index is 5930. The summed E-state index contributed by atoms with van der Waals surface area (Å²) in [6.45, 7) is 14.8. The number of phosphoric ester groups is 2. The molecule has 17 rings (SSSR count). The molecule has 2 aliphatic heterocycles. The van der Waals surface area contributed by atoms with Crippen LogP contribution in [-0.4, -0.2) is 0 Å². The molecular weight excluding hydrogens is 1630 g/mol. The minimum Gasteiger partial charge on any atom is -0.439 e. The molecule has 0 amide bonds. The third-order valence-electron chi connectivity index (χ3n) is 21.4. The maximum atomic E-state index is 14.5. The Morgan fingerprint density at radius 3 is 0.770 bits per heavy atom. The molecule has 2 unspecified atom stereocenters. The summed E-state index contributed by atoms with van der Waals surface area (Å²) in [6.07, 6.45) is 1.44. The van der Waals surface area contributed by atoms with Crippen molar-refractivity contribution in [1.82, 2.24) is 0 Å². The van der Waals surface area contributed by atoms with E-state index in [1.165, 1.54) is 6.07 Å². The smallest absolute Gasteiger partial charge is 0.439 e. The molecule has 0 N–H and O–H groups in total. The molecule has 15 aromatic carbocycles. The second-order valence-electron chi connectivity index (χ2n) is 30.4. The van der Waals surface area contributed by atoms with Gasteiger partial charge in [0.2, 0.25) is 0 Å². The molecule has 2 atom stereocenters. The largest absolute Gasteiger partial charge is 0.647 e. The zero-order chi connectivity index (χ0) is 85.2. The van der Waals surface area contributed by atoms with Gasteiger partial charge in [-0.2, -0.15) is 9.13 Å². The Balaban J connectivity index is 0.000000144. The fourth-order valence-corrected chi connectivity index (χ4v) is 28.4. The second-order valence-corrected chi connectivity index (χ2v) is 43.6. The van der Waals surface area contributed by atoms with Gasteiger partial charge < -0.3 is 45.3 Å². The van der Waals surface area contributed by atoms with Gasteiger partial charge in [0.05, 0.1) is 22.9 Å². The average molecular weight is 1730 g/mol. The lowest BCUT2D eigenvalue weighted by Gasteiger charge is -2.29. The van der Waals surface area contributed by atoms with Crippen molar-refractivity contribution in [2.45, 2.75) is 80.0 Å². The molecule has 2 heterocycles. The molecule has 0 saturated carbocycles. The Hall–Kier alpha value is -11.9. The minimum atomic E-state index is -4.39. The summed E-state index contributed by atoms with van der Waals surface area (Å²) < 4.78 is 135. The van der Waals surface area contributed by atoms with E-state index in [2.05, 4.69) is 0 Å². The van der Waals surface area contributed by atoms with Crippen molar-refractivity contribution in [2.24, 2.45) is 0 Å². The van der Waals surface area contributed by atoms with Crippen molar-refractivity contribution in [3.63, 3.8) is 0 Å². The first-order valence-corrected chi connectivity index (χ1v) is 50.4. The number of aryl methyl sites for hydroxylation is 8. The summed E-state index contributed by atoms with van der Waals surface area (Å²) in [4.78, 5) is 0. The van der Waals surface area contributed by atoms with Gasteiger partial charge in [-0.1, -0.05) is 322 Å². The molecule has 0 aromatic heterocycles.